The SMILES string of the molecule is CNc1cc(C(=O)NC(C)(C)CC(N)=O)c([N+](=O)[O-])cn1. The van der Waals surface area contributed by atoms with Gasteiger partial charge in [-0.05, 0) is 13.8 Å². The number of nitrogens with two attached hydrogens (primary N) is 1. The smallest absolute Gasteiger partial charge is 0.300 e. The number of anilines is 1. The van der Waals surface area contributed by atoms with Crippen LogP contribution in [0.3, 0.4) is 0 Å². The normalized spacial score (nSPS) is 10.8. The summed E-state index contributed by atoms with van der Waals surface area (Å²) in [5.41, 5.74) is 3.62. The number of nitrogens with one attached hydrogen (secondary N) is 2. The molecular formula is C12H17N5O4. The Morgan fingerprint density at radius 3 is 2.57 bits per heavy atom. The number of hydrogen-bond donors (Lipinski definition) is 3. The van der Waals surface area contributed by atoms with Crippen LogP contribution in [-0.4, -0.2) is 34.3 Å². The van der Waals surface area contributed by atoms with Gasteiger partial charge >= 0.3 is 0 Å². The summed E-state index contributed by atoms with van der Waals surface area (Å²) in [5.74, 6) is -0.939. The number of nitro groups is 1. The average Bonchev–Trinajstić information content (AvgIpc) is 2.35. The first kappa shape index (κ1) is 16.3. The van der Waals surface area contributed by atoms with Crippen molar-refractivity contribution in [2.75, 3.05) is 12.4 Å². The summed E-state index contributed by atoms with van der Waals surface area (Å²) >= 11 is 0. The highest BCUT2D eigenvalue weighted by molar-refractivity contribution is 5.99. The third-order valence-corrected chi connectivity index (χ3v) is 2.65. The fourth-order valence-electron chi connectivity index (χ4n) is 1.77. The van der Waals surface area contributed by atoms with E-state index in [1.165, 1.54) is 6.07 Å². The summed E-state index contributed by atoms with van der Waals surface area (Å²) < 4.78 is 0. The van der Waals surface area contributed by atoms with E-state index in [-0.39, 0.29) is 12.0 Å². The van der Waals surface area contributed by atoms with Crippen molar-refractivity contribution in [2.45, 2.75) is 25.8 Å². The Balaban J connectivity index is 3.11. The summed E-state index contributed by atoms with van der Waals surface area (Å²) in [6.45, 7) is 3.20. The fourth-order valence-corrected chi connectivity index (χ4v) is 1.77. The van der Waals surface area contributed by atoms with Gasteiger partial charge in [-0.25, -0.2) is 4.98 Å². The predicted molar refractivity (Wildman–Crippen MR) is 75.8 cm³/mol. The van der Waals surface area contributed by atoms with Gasteiger partial charge in [0.15, 0.2) is 0 Å². The highest BCUT2D eigenvalue weighted by atomic mass is 16.6. The van der Waals surface area contributed by atoms with Gasteiger partial charge in [-0.1, -0.05) is 0 Å². The molecule has 0 aliphatic heterocycles. The zero-order valence-electron chi connectivity index (χ0n) is 12.0. The minimum atomic E-state index is -0.917. The van der Waals surface area contributed by atoms with E-state index in [2.05, 4.69) is 15.6 Å². The number of carbonyl (C=O) groups is 2. The second-order valence-corrected chi connectivity index (χ2v) is 5.07. The summed E-state index contributed by atoms with van der Waals surface area (Å²) in [4.78, 5) is 37.2. The number of aromatic nitrogens is 1. The van der Waals surface area contributed by atoms with Crippen molar-refractivity contribution in [1.29, 1.82) is 0 Å². The van der Waals surface area contributed by atoms with E-state index in [0.29, 0.717) is 5.82 Å². The quantitative estimate of drug-likeness (QED) is 0.513. The molecule has 9 heteroatoms. The van der Waals surface area contributed by atoms with Crippen LogP contribution in [0, 0.1) is 10.1 Å². The molecule has 0 aromatic carbocycles. The Labute approximate surface area is 121 Å². The largest absolute Gasteiger partial charge is 0.373 e. The Bertz CT molecular complexity index is 585. The summed E-state index contributed by atoms with van der Waals surface area (Å²) in [5, 5.41) is 16.2. The Hall–Kier alpha value is -2.71. The molecule has 0 saturated heterocycles. The van der Waals surface area contributed by atoms with Crippen molar-refractivity contribution in [1.82, 2.24) is 10.3 Å². The molecule has 0 unspecified atom stereocenters. The molecule has 1 aromatic rings. The monoisotopic (exact) mass is 295 g/mol. The van der Waals surface area contributed by atoms with Crippen molar-refractivity contribution in [3.8, 4) is 0 Å². The van der Waals surface area contributed by atoms with E-state index in [9.17, 15) is 19.7 Å². The molecule has 0 aliphatic carbocycles. The number of carbonyl (C=O) groups excluding carboxylic acids is 2. The lowest BCUT2D eigenvalue weighted by Gasteiger charge is -2.24. The van der Waals surface area contributed by atoms with E-state index in [1.807, 2.05) is 0 Å². The van der Waals surface area contributed by atoms with Crippen LogP contribution in [0.5, 0.6) is 0 Å². The maximum Gasteiger partial charge on any atom is 0.300 e. The highest BCUT2D eigenvalue weighted by Crippen LogP contribution is 2.21. The van der Waals surface area contributed by atoms with Crippen LogP contribution in [0.1, 0.15) is 30.6 Å². The van der Waals surface area contributed by atoms with E-state index >= 15 is 0 Å². The van der Waals surface area contributed by atoms with Gasteiger partial charge in [0.2, 0.25) is 5.91 Å². The van der Waals surface area contributed by atoms with Gasteiger partial charge in [-0.15, -0.1) is 0 Å². The van der Waals surface area contributed by atoms with Crippen LogP contribution < -0.4 is 16.4 Å². The first-order valence-electron chi connectivity index (χ1n) is 6.09. The zero-order chi connectivity index (χ0) is 16.2. The van der Waals surface area contributed by atoms with Gasteiger partial charge in [-0.3, -0.25) is 19.7 Å². The maximum atomic E-state index is 12.2. The lowest BCUT2D eigenvalue weighted by atomic mass is 9.99. The lowest BCUT2D eigenvalue weighted by Crippen LogP contribution is -2.46. The standard InChI is InChI=1S/C12H17N5O4/c1-12(2,5-9(13)18)16-11(19)7-4-10(14-3)15-6-8(7)17(20)21/h4,6H,5H2,1-3H3,(H2,13,18)(H,14,15)(H,16,19). The number of primary amides is 1. The van der Waals surface area contributed by atoms with Crippen molar-refractivity contribution >= 4 is 23.3 Å². The lowest BCUT2D eigenvalue weighted by molar-refractivity contribution is -0.385. The molecule has 1 aromatic heterocycles. The summed E-state index contributed by atoms with van der Waals surface area (Å²) in [7, 11) is 1.58. The first-order valence-corrected chi connectivity index (χ1v) is 6.09. The van der Waals surface area contributed by atoms with Crippen LogP contribution in [0.4, 0.5) is 11.5 Å². The maximum absolute atomic E-state index is 12.2. The number of rotatable bonds is 6. The Morgan fingerprint density at radius 2 is 2.10 bits per heavy atom. The third kappa shape index (κ3) is 4.41. The van der Waals surface area contributed by atoms with E-state index in [4.69, 9.17) is 5.73 Å². The molecule has 1 rings (SSSR count). The van der Waals surface area contributed by atoms with Gasteiger partial charge in [-0.2, -0.15) is 0 Å². The molecule has 4 N–H and O–H groups in total. The molecule has 1 heterocycles. The van der Waals surface area contributed by atoms with E-state index in [0.717, 1.165) is 6.20 Å². The van der Waals surface area contributed by atoms with Gasteiger partial charge in [0.05, 0.1) is 4.92 Å². The van der Waals surface area contributed by atoms with Crippen molar-refractivity contribution in [3.63, 3.8) is 0 Å². The molecule has 0 fully saturated rings. The molecule has 0 spiro atoms. The minimum Gasteiger partial charge on any atom is -0.373 e. The average molecular weight is 295 g/mol. The predicted octanol–water partition coefficient (Wildman–Crippen LogP) is 0.415. The second kappa shape index (κ2) is 6.16. The molecule has 0 atom stereocenters. The van der Waals surface area contributed by atoms with Crippen molar-refractivity contribution < 1.29 is 14.5 Å². The molecule has 2 amide bonds. The summed E-state index contributed by atoms with van der Waals surface area (Å²) in [6, 6.07) is 1.27. The zero-order valence-corrected chi connectivity index (χ0v) is 12.0. The molecule has 0 aliphatic rings. The highest BCUT2D eigenvalue weighted by Gasteiger charge is 2.28. The third-order valence-electron chi connectivity index (χ3n) is 2.65. The molecule has 0 bridgehead atoms. The fraction of sp³-hybridized carbons (Fsp3) is 0.417. The second-order valence-electron chi connectivity index (χ2n) is 5.07. The molecular weight excluding hydrogens is 278 g/mol. The number of hydrogen-bond acceptors (Lipinski definition) is 6. The molecule has 0 radical (unpaired) electrons. The molecule has 0 saturated carbocycles. The van der Waals surface area contributed by atoms with Gasteiger partial charge in [0.25, 0.3) is 11.6 Å². The number of pyridine rings is 1. The van der Waals surface area contributed by atoms with Gasteiger partial charge < -0.3 is 16.4 Å². The number of nitrogens with zero attached hydrogens (tertiary/aromatic N) is 2. The van der Waals surface area contributed by atoms with E-state index in [1.54, 1.807) is 20.9 Å². The number of amides is 2. The van der Waals surface area contributed by atoms with Gasteiger partial charge in [0.1, 0.15) is 17.6 Å². The molecule has 114 valence electrons. The first-order chi connectivity index (χ1) is 9.66. The van der Waals surface area contributed by atoms with Crippen LogP contribution in [0.15, 0.2) is 12.3 Å². The van der Waals surface area contributed by atoms with Gasteiger partial charge in [0, 0.05) is 25.1 Å². The Kier molecular flexibility index (Phi) is 4.79. The van der Waals surface area contributed by atoms with Crippen molar-refractivity contribution in [3.05, 3.63) is 27.9 Å². The minimum absolute atomic E-state index is 0.0868. The van der Waals surface area contributed by atoms with Crippen molar-refractivity contribution in [2.24, 2.45) is 5.73 Å². The van der Waals surface area contributed by atoms with Crippen LogP contribution in [0.2, 0.25) is 0 Å². The Morgan fingerprint density at radius 1 is 1.48 bits per heavy atom. The molecule has 9 nitrogen and oxygen atoms in total. The van der Waals surface area contributed by atoms with E-state index < -0.39 is 28.0 Å². The molecule has 21 heavy (non-hydrogen) atoms. The topological polar surface area (TPSA) is 140 Å². The van der Waals surface area contributed by atoms with Crippen LogP contribution in [0.25, 0.3) is 0 Å². The van der Waals surface area contributed by atoms with Crippen LogP contribution in [-0.2, 0) is 4.79 Å². The van der Waals surface area contributed by atoms with Crippen LogP contribution >= 0.6 is 0 Å². The summed E-state index contributed by atoms with van der Waals surface area (Å²) in [6.07, 6.45) is 0.915.